The van der Waals surface area contributed by atoms with E-state index in [9.17, 15) is 9.59 Å². The summed E-state index contributed by atoms with van der Waals surface area (Å²) in [6, 6.07) is 4.73. The second-order valence-corrected chi connectivity index (χ2v) is 8.28. The molecule has 0 radical (unpaired) electrons. The van der Waals surface area contributed by atoms with Crippen molar-refractivity contribution in [2.75, 3.05) is 13.1 Å². The molecule has 7 nitrogen and oxygen atoms in total. The number of hydrogen-bond donors (Lipinski definition) is 2. The van der Waals surface area contributed by atoms with Crippen LogP contribution in [0.2, 0.25) is 0 Å². The molecule has 1 saturated heterocycles. The highest BCUT2D eigenvalue weighted by Crippen LogP contribution is 2.23. The van der Waals surface area contributed by atoms with Crippen molar-refractivity contribution >= 4 is 11.8 Å². The van der Waals surface area contributed by atoms with Crippen LogP contribution >= 0.6 is 0 Å². The van der Waals surface area contributed by atoms with E-state index in [0.29, 0.717) is 19.6 Å². The average molecular weight is 402 g/mol. The summed E-state index contributed by atoms with van der Waals surface area (Å²) in [7, 11) is 0. The van der Waals surface area contributed by atoms with E-state index in [1.54, 1.807) is 13.1 Å². The first kappa shape index (κ1) is 22.9. The fourth-order valence-electron chi connectivity index (χ4n) is 3.59. The number of aromatic nitrogens is 1. The number of carbonyl (C=O) groups excluding carboxylic acids is 2. The Balaban J connectivity index is 2.10. The standard InChI is InChI=1S/C22H35N5O2/c1-15(2)20(25-21(28)17(5)23)22(29)27-12-8-10-19(27)14-26(16(3)4)13-18-9-6-7-11-24-18/h6-7,9,11,15,17,19-20H,3,8,10,12-14,23H2,1-2,4-5H3,(H,25,28)/t17-,19-,20-/m0/s1. The number of hydrogen-bond acceptors (Lipinski definition) is 5. The Hall–Kier alpha value is -2.41. The van der Waals surface area contributed by atoms with Crippen molar-refractivity contribution in [1.29, 1.82) is 0 Å². The molecule has 3 atom stereocenters. The van der Waals surface area contributed by atoms with Gasteiger partial charge in [-0.2, -0.15) is 0 Å². The lowest BCUT2D eigenvalue weighted by molar-refractivity contribution is -0.138. The van der Waals surface area contributed by atoms with Crippen LogP contribution in [-0.4, -0.2) is 57.8 Å². The van der Waals surface area contributed by atoms with Crippen LogP contribution < -0.4 is 11.1 Å². The molecule has 2 rings (SSSR count). The van der Waals surface area contributed by atoms with Crippen molar-refractivity contribution in [2.45, 2.75) is 65.2 Å². The fourth-order valence-corrected chi connectivity index (χ4v) is 3.59. The summed E-state index contributed by atoms with van der Waals surface area (Å²) in [5, 5.41) is 2.83. The maximum atomic E-state index is 13.3. The summed E-state index contributed by atoms with van der Waals surface area (Å²) in [6.07, 6.45) is 3.67. The molecular weight excluding hydrogens is 366 g/mol. The molecule has 0 aliphatic carbocycles. The van der Waals surface area contributed by atoms with E-state index < -0.39 is 12.1 Å². The number of nitrogens with one attached hydrogen (secondary N) is 1. The van der Waals surface area contributed by atoms with Gasteiger partial charge in [-0.15, -0.1) is 0 Å². The number of nitrogens with zero attached hydrogens (tertiary/aromatic N) is 3. The zero-order chi connectivity index (χ0) is 21.6. The predicted octanol–water partition coefficient (Wildman–Crippen LogP) is 1.90. The molecule has 0 saturated carbocycles. The van der Waals surface area contributed by atoms with Crippen LogP contribution in [0.25, 0.3) is 0 Å². The Morgan fingerprint density at radius 2 is 2.10 bits per heavy atom. The number of amides is 2. The predicted molar refractivity (Wildman–Crippen MR) is 115 cm³/mol. The average Bonchev–Trinajstić information content (AvgIpc) is 3.13. The third kappa shape index (κ3) is 6.29. The monoisotopic (exact) mass is 401 g/mol. The summed E-state index contributed by atoms with van der Waals surface area (Å²) < 4.78 is 0. The highest BCUT2D eigenvalue weighted by Gasteiger charge is 2.36. The molecule has 1 aromatic rings. The van der Waals surface area contributed by atoms with Gasteiger partial charge in [0.05, 0.1) is 18.3 Å². The molecule has 3 N–H and O–H groups in total. The van der Waals surface area contributed by atoms with Crippen LogP contribution in [0.15, 0.2) is 36.7 Å². The largest absolute Gasteiger partial charge is 0.368 e. The van der Waals surface area contributed by atoms with Crippen LogP contribution in [-0.2, 0) is 16.1 Å². The van der Waals surface area contributed by atoms with Gasteiger partial charge in [0.25, 0.3) is 0 Å². The van der Waals surface area contributed by atoms with Crippen molar-refractivity contribution < 1.29 is 9.59 Å². The Kier molecular flexibility index (Phi) is 8.20. The SMILES string of the molecule is C=C(C)N(Cc1ccccn1)C[C@@H]1CCCN1C(=O)[C@@H](NC(=O)[C@H](C)N)C(C)C. The number of rotatable bonds is 9. The first-order valence-electron chi connectivity index (χ1n) is 10.4. The number of carbonyl (C=O) groups is 2. The molecule has 2 heterocycles. The molecule has 1 fully saturated rings. The molecule has 0 aromatic carbocycles. The lowest BCUT2D eigenvalue weighted by atomic mass is 10.0. The van der Waals surface area contributed by atoms with Crippen LogP contribution in [0.3, 0.4) is 0 Å². The Morgan fingerprint density at radius 1 is 1.38 bits per heavy atom. The first-order valence-corrected chi connectivity index (χ1v) is 10.4. The lowest BCUT2D eigenvalue weighted by Gasteiger charge is -2.35. The Morgan fingerprint density at radius 3 is 2.66 bits per heavy atom. The number of pyridine rings is 1. The Bertz CT molecular complexity index is 704. The van der Waals surface area contributed by atoms with E-state index in [4.69, 9.17) is 5.73 Å². The highest BCUT2D eigenvalue weighted by molar-refractivity contribution is 5.90. The fraction of sp³-hybridized carbons (Fsp3) is 0.591. The van der Waals surface area contributed by atoms with Crippen molar-refractivity contribution in [1.82, 2.24) is 20.1 Å². The zero-order valence-electron chi connectivity index (χ0n) is 18.1. The van der Waals surface area contributed by atoms with Gasteiger partial charge in [-0.3, -0.25) is 14.6 Å². The molecule has 0 bridgehead atoms. The molecule has 1 aliphatic rings. The van der Waals surface area contributed by atoms with Gasteiger partial charge in [0.2, 0.25) is 11.8 Å². The number of nitrogens with two attached hydrogens (primary N) is 1. The molecule has 7 heteroatoms. The van der Waals surface area contributed by atoms with E-state index in [-0.39, 0.29) is 23.8 Å². The second kappa shape index (κ2) is 10.4. The second-order valence-electron chi connectivity index (χ2n) is 8.28. The molecule has 160 valence electrons. The zero-order valence-corrected chi connectivity index (χ0v) is 18.1. The minimum atomic E-state index is -0.643. The molecular formula is C22H35N5O2. The quantitative estimate of drug-likeness (QED) is 0.659. The maximum absolute atomic E-state index is 13.3. The van der Waals surface area contributed by atoms with Crippen LogP contribution in [0.1, 0.15) is 46.2 Å². The smallest absolute Gasteiger partial charge is 0.245 e. The number of allylic oxidation sites excluding steroid dienone is 1. The van der Waals surface area contributed by atoms with Gasteiger partial charge in [0.1, 0.15) is 6.04 Å². The van der Waals surface area contributed by atoms with Gasteiger partial charge in [-0.1, -0.05) is 26.5 Å². The molecule has 0 spiro atoms. The van der Waals surface area contributed by atoms with Gasteiger partial charge in [0, 0.05) is 31.0 Å². The van der Waals surface area contributed by atoms with Crippen molar-refractivity contribution in [3.8, 4) is 0 Å². The van der Waals surface area contributed by atoms with Gasteiger partial charge >= 0.3 is 0 Å². The maximum Gasteiger partial charge on any atom is 0.245 e. The van der Waals surface area contributed by atoms with Gasteiger partial charge in [0.15, 0.2) is 0 Å². The molecule has 1 aliphatic heterocycles. The summed E-state index contributed by atoms with van der Waals surface area (Å²) >= 11 is 0. The van der Waals surface area contributed by atoms with Gasteiger partial charge in [-0.25, -0.2) is 0 Å². The third-order valence-electron chi connectivity index (χ3n) is 5.35. The number of likely N-dealkylation sites (tertiary alicyclic amines) is 1. The Labute approximate surface area is 174 Å². The first-order chi connectivity index (χ1) is 13.7. The normalized spacial score (nSPS) is 18.4. The van der Waals surface area contributed by atoms with E-state index in [0.717, 1.165) is 24.2 Å². The van der Waals surface area contributed by atoms with Crippen LogP contribution in [0.4, 0.5) is 0 Å². The molecule has 0 unspecified atom stereocenters. The lowest BCUT2D eigenvalue weighted by Crippen LogP contribution is -2.56. The van der Waals surface area contributed by atoms with Crippen molar-refractivity contribution in [2.24, 2.45) is 11.7 Å². The summed E-state index contributed by atoms with van der Waals surface area (Å²) in [4.78, 5) is 33.9. The minimum absolute atomic E-state index is 0.0165. The highest BCUT2D eigenvalue weighted by atomic mass is 16.2. The minimum Gasteiger partial charge on any atom is -0.368 e. The van der Waals surface area contributed by atoms with E-state index >= 15 is 0 Å². The van der Waals surface area contributed by atoms with Gasteiger partial charge in [-0.05, 0) is 44.7 Å². The van der Waals surface area contributed by atoms with E-state index in [1.807, 2.05) is 43.9 Å². The van der Waals surface area contributed by atoms with Gasteiger partial charge < -0.3 is 20.9 Å². The molecule has 2 amide bonds. The summed E-state index contributed by atoms with van der Waals surface area (Å²) in [5.41, 5.74) is 7.59. The summed E-state index contributed by atoms with van der Waals surface area (Å²) in [5.74, 6) is -0.347. The van der Waals surface area contributed by atoms with E-state index in [1.165, 1.54) is 0 Å². The van der Waals surface area contributed by atoms with Crippen molar-refractivity contribution in [3.05, 3.63) is 42.4 Å². The molecule has 1 aromatic heterocycles. The molecule has 29 heavy (non-hydrogen) atoms. The van der Waals surface area contributed by atoms with Crippen LogP contribution in [0, 0.1) is 5.92 Å². The topological polar surface area (TPSA) is 91.6 Å². The van der Waals surface area contributed by atoms with Crippen LogP contribution in [0.5, 0.6) is 0 Å². The third-order valence-corrected chi connectivity index (χ3v) is 5.35. The van der Waals surface area contributed by atoms with E-state index in [2.05, 4.69) is 21.8 Å². The van der Waals surface area contributed by atoms with Crippen molar-refractivity contribution in [3.63, 3.8) is 0 Å². The summed E-state index contributed by atoms with van der Waals surface area (Å²) in [6.45, 7) is 13.6.